The summed E-state index contributed by atoms with van der Waals surface area (Å²) in [6.45, 7) is 4.37. The third kappa shape index (κ3) is 2.87. The average molecular weight is 328 g/mol. The predicted molar refractivity (Wildman–Crippen MR) is 88.9 cm³/mol. The topological polar surface area (TPSA) is 83.7 Å². The summed E-state index contributed by atoms with van der Waals surface area (Å²) in [5.41, 5.74) is 7.45. The minimum atomic E-state index is -0.793. The monoisotopic (exact) mass is 328 g/mol. The Labute approximate surface area is 140 Å². The van der Waals surface area contributed by atoms with Crippen LogP contribution < -0.4 is 15.2 Å². The van der Waals surface area contributed by atoms with Crippen LogP contribution >= 0.6 is 0 Å². The van der Waals surface area contributed by atoms with Gasteiger partial charge in [-0.2, -0.15) is 0 Å². The summed E-state index contributed by atoms with van der Waals surface area (Å²) in [6, 6.07) is 9.51. The maximum atomic E-state index is 11.3. The van der Waals surface area contributed by atoms with Gasteiger partial charge in [0.25, 0.3) is 0 Å². The van der Waals surface area contributed by atoms with Crippen LogP contribution in [-0.4, -0.2) is 24.8 Å². The van der Waals surface area contributed by atoms with Crippen LogP contribution in [-0.2, 0) is 4.74 Å². The van der Waals surface area contributed by atoms with Gasteiger partial charge in [-0.15, -0.1) is 0 Å². The predicted octanol–water partition coefficient (Wildman–Crippen LogP) is 3.31. The number of benzene rings is 1. The number of carbonyl (C=O) groups excluding carboxylic acids is 1. The van der Waals surface area contributed by atoms with Crippen molar-refractivity contribution in [1.82, 2.24) is 4.98 Å². The van der Waals surface area contributed by atoms with Crippen molar-refractivity contribution in [2.24, 2.45) is 11.1 Å². The van der Waals surface area contributed by atoms with E-state index in [1.165, 1.54) is 0 Å². The molecule has 24 heavy (non-hydrogen) atoms. The normalized spacial score (nSPS) is 18.2. The van der Waals surface area contributed by atoms with Gasteiger partial charge in [0.2, 0.25) is 5.88 Å². The van der Waals surface area contributed by atoms with Gasteiger partial charge in [0.1, 0.15) is 11.9 Å². The zero-order chi connectivity index (χ0) is 17.3. The molecular formula is C18H20N2O4. The molecule has 1 unspecified atom stereocenters. The number of nitrogens with two attached hydrogens (primary N) is 1. The molecule has 2 heterocycles. The highest BCUT2D eigenvalue weighted by Crippen LogP contribution is 2.46. The number of carbonyl (C=O) groups is 1. The Bertz CT molecular complexity index is 773. The van der Waals surface area contributed by atoms with Gasteiger partial charge in [0, 0.05) is 22.7 Å². The Morgan fingerprint density at radius 1 is 1.38 bits per heavy atom. The molecule has 6 heteroatoms. The largest absolute Gasteiger partial charge is 0.492 e. The third-order valence-electron chi connectivity index (χ3n) is 4.12. The zero-order valence-electron chi connectivity index (χ0n) is 13.9. The fourth-order valence-corrected chi connectivity index (χ4v) is 2.92. The lowest BCUT2D eigenvalue weighted by Gasteiger charge is -2.38. The zero-order valence-corrected chi connectivity index (χ0v) is 13.9. The maximum absolute atomic E-state index is 11.3. The van der Waals surface area contributed by atoms with E-state index < -0.39 is 12.2 Å². The van der Waals surface area contributed by atoms with E-state index in [2.05, 4.69) is 4.98 Å². The SMILES string of the molecule is COc1ncccc1-c1ccc2c(c1)OCC(C)(C)C2OC(N)=O. The van der Waals surface area contributed by atoms with Crippen LogP contribution in [0.1, 0.15) is 25.5 Å². The molecular weight excluding hydrogens is 308 g/mol. The van der Waals surface area contributed by atoms with Crippen molar-refractivity contribution in [1.29, 1.82) is 0 Å². The first-order valence-electron chi connectivity index (χ1n) is 7.64. The van der Waals surface area contributed by atoms with Crippen molar-refractivity contribution in [2.75, 3.05) is 13.7 Å². The molecule has 1 aromatic carbocycles. The number of primary amides is 1. The van der Waals surface area contributed by atoms with Crippen molar-refractivity contribution in [2.45, 2.75) is 20.0 Å². The van der Waals surface area contributed by atoms with Gasteiger partial charge >= 0.3 is 6.09 Å². The van der Waals surface area contributed by atoms with Gasteiger partial charge in [0.05, 0.1) is 13.7 Å². The van der Waals surface area contributed by atoms with Crippen molar-refractivity contribution < 1.29 is 19.0 Å². The smallest absolute Gasteiger partial charge is 0.405 e. The van der Waals surface area contributed by atoms with Gasteiger partial charge in [0.15, 0.2) is 0 Å². The van der Waals surface area contributed by atoms with Crippen molar-refractivity contribution in [3.05, 3.63) is 42.1 Å². The van der Waals surface area contributed by atoms with Crippen LogP contribution in [0.5, 0.6) is 11.6 Å². The van der Waals surface area contributed by atoms with Crippen molar-refractivity contribution >= 4 is 6.09 Å². The first-order chi connectivity index (χ1) is 11.4. The van der Waals surface area contributed by atoms with E-state index in [4.69, 9.17) is 19.9 Å². The van der Waals surface area contributed by atoms with Gasteiger partial charge < -0.3 is 19.9 Å². The first-order valence-corrected chi connectivity index (χ1v) is 7.64. The molecule has 1 amide bonds. The molecule has 0 saturated carbocycles. The second-order valence-electron chi connectivity index (χ2n) is 6.41. The number of fused-ring (bicyclic) bond motifs is 1. The van der Waals surface area contributed by atoms with Crippen LogP contribution in [0.25, 0.3) is 11.1 Å². The highest BCUT2D eigenvalue weighted by molar-refractivity contribution is 5.71. The minimum absolute atomic E-state index is 0.366. The number of methoxy groups -OCH3 is 1. The standard InChI is InChI=1S/C18H20N2O4/c1-18(2)10-23-14-9-11(12-5-4-8-20-16(12)22-3)6-7-13(14)15(18)24-17(19)21/h4-9,15H,10H2,1-3H3,(H2,19,21). The molecule has 126 valence electrons. The number of aromatic nitrogens is 1. The molecule has 1 aliphatic heterocycles. The lowest BCUT2D eigenvalue weighted by Crippen LogP contribution is -2.37. The molecule has 1 aliphatic rings. The molecule has 0 radical (unpaired) electrons. The maximum Gasteiger partial charge on any atom is 0.405 e. The summed E-state index contributed by atoms with van der Waals surface area (Å²) < 4.78 is 16.6. The molecule has 2 N–H and O–H groups in total. The van der Waals surface area contributed by atoms with Crippen LogP contribution in [0, 0.1) is 5.41 Å². The molecule has 0 fully saturated rings. The number of rotatable bonds is 3. The molecule has 0 saturated heterocycles. The number of amides is 1. The van der Waals surface area contributed by atoms with Crippen LogP contribution in [0.2, 0.25) is 0 Å². The number of nitrogens with zero attached hydrogens (tertiary/aromatic N) is 1. The molecule has 1 atom stereocenters. The third-order valence-corrected chi connectivity index (χ3v) is 4.12. The van der Waals surface area contributed by atoms with E-state index in [0.29, 0.717) is 18.2 Å². The molecule has 0 aliphatic carbocycles. The second kappa shape index (κ2) is 6.03. The molecule has 1 aromatic heterocycles. The number of hydrogen-bond donors (Lipinski definition) is 1. The summed E-state index contributed by atoms with van der Waals surface area (Å²) in [4.78, 5) is 15.5. The fraction of sp³-hybridized carbons (Fsp3) is 0.333. The fourth-order valence-electron chi connectivity index (χ4n) is 2.92. The molecule has 0 bridgehead atoms. The number of pyridine rings is 1. The average Bonchev–Trinajstić information content (AvgIpc) is 2.57. The molecule has 3 rings (SSSR count). The summed E-state index contributed by atoms with van der Waals surface area (Å²) >= 11 is 0. The lowest BCUT2D eigenvalue weighted by atomic mass is 9.80. The van der Waals surface area contributed by atoms with Gasteiger partial charge in [-0.05, 0) is 23.8 Å². The highest BCUT2D eigenvalue weighted by Gasteiger charge is 2.40. The van der Waals surface area contributed by atoms with Gasteiger partial charge in [-0.25, -0.2) is 9.78 Å². The van der Waals surface area contributed by atoms with Crippen molar-refractivity contribution in [3.8, 4) is 22.8 Å². The van der Waals surface area contributed by atoms with Gasteiger partial charge in [-0.1, -0.05) is 26.0 Å². The van der Waals surface area contributed by atoms with Crippen LogP contribution in [0.4, 0.5) is 4.79 Å². The molecule has 2 aromatic rings. The van der Waals surface area contributed by atoms with Crippen LogP contribution in [0.15, 0.2) is 36.5 Å². The van der Waals surface area contributed by atoms with E-state index in [0.717, 1.165) is 16.7 Å². The first kappa shape index (κ1) is 16.1. The summed E-state index contributed by atoms with van der Waals surface area (Å²) in [5, 5.41) is 0. The highest BCUT2D eigenvalue weighted by atomic mass is 16.6. The second-order valence-corrected chi connectivity index (χ2v) is 6.41. The quantitative estimate of drug-likeness (QED) is 0.934. The Hall–Kier alpha value is -2.76. The Balaban J connectivity index is 2.04. The van der Waals surface area contributed by atoms with E-state index in [9.17, 15) is 4.79 Å². The van der Waals surface area contributed by atoms with Gasteiger partial charge in [-0.3, -0.25) is 0 Å². The summed E-state index contributed by atoms with van der Waals surface area (Å²) in [6.07, 6.45) is 0.429. The molecule has 6 nitrogen and oxygen atoms in total. The van der Waals surface area contributed by atoms with E-state index in [1.54, 1.807) is 13.3 Å². The molecule has 0 spiro atoms. The van der Waals surface area contributed by atoms with Crippen LogP contribution in [0.3, 0.4) is 0 Å². The Kier molecular flexibility index (Phi) is 4.05. The van der Waals surface area contributed by atoms with Crippen molar-refractivity contribution in [3.63, 3.8) is 0 Å². The Morgan fingerprint density at radius 3 is 2.88 bits per heavy atom. The van der Waals surface area contributed by atoms with E-state index in [1.807, 2.05) is 44.2 Å². The Morgan fingerprint density at radius 2 is 2.17 bits per heavy atom. The summed E-state index contributed by atoms with van der Waals surface area (Å²) in [7, 11) is 1.58. The summed E-state index contributed by atoms with van der Waals surface area (Å²) in [5.74, 6) is 1.21. The van der Waals surface area contributed by atoms with E-state index >= 15 is 0 Å². The lowest BCUT2D eigenvalue weighted by molar-refractivity contribution is -0.0176. The number of hydrogen-bond acceptors (Lipinski definition) is 5. The van der Waals surface area contributed by atoms with E-state index in [-0.39, 0.29) is 5.41 Å². The minimum Gasteiger partial charge on any atom is -0.492 e. The number of ether oxygens (including phenoxy) is 3.